The first-order valence-corrected chi connectivity index (χ1v) is 10.3. The van der Waals surface area contributed by atoms with Crippen LogP contribution in [0.25, 0.3) is 27.2 Å². The van der Waals surface area contributed by atoms with E-state index >= 15 is 0 Å². The molecule has 4 heterocycles. The fourth-order valence-electron chi connectivity index (χ4n) is 3.63. The van der Waals surface area contributed by atoms with E-state index in [1.165, 1.54) is 5.39 Å². The number of amides is 1. The summed E-state index contributed by atoms with van der Waals surface area (Å²) in [7, 11) is 0. The van der Waals surface area contributed by atoms with E-state index in [-0.39, 0.29) is 5.91 Å². The number of fused-ring (bicyclic) bond motifs is 2. The van der Waals surface area contributed by atoms with Gasteiger partial charge in [-0.2, -0.15) is 0 Å². The molecule has 6 heteroatoms. The zero-order chi connectivity index (χ0) is 18.9. The molecule has 5 rings (SSSR count). The minimum atomic E-state index is 0.0982. The van der Waals surface area contributed by atoms with Crippen LogP contribution in [0.2, 0.25) is 0 Å². The number of aromatic amines is 1. The number of H-pyrrole nitrogens is 1. The summed E-state index contributed by atoms with van der Waals surface area (Å²) < 4.78 is 0. The Labute approximate surface area is 166 Å². The predicted octanol–water partition coefficient (Wildman–Crippen LogP) is 5.16. The van der Waals surface area contributed by atoms with Crippen molar-refractivity contribution in [2.45, 2.75) is 12.8 Å². The fraction of sp³-hybridized carbons (Fsp3) is 0.182. The Balaban J connectivity index is 1.41. The van der Waals surface area contributed by atoms with Crippen molar-refractivity contribution in [3.63, 3.8) is 0 Å². The Kier molecular flexibility index (Phi) is 4.33. The number of benzene rings is 1. The SMILES string of the molecule is O=C(C=Cc1cc2c(Nc3ccc4[nH]ccc4c3)ccnc2s1)N1CCCC1. The Morgan fingerprint density at radius 3 is 2.96 bits per heavy atom. The van der Waals surface area contributed by atoms with E-state index < -0.39 is 0 Å². The number of carbonyl (C=O) groups excluding carboxylic acids is 1. The van der Waals surface area contributed by atoms with Crippen LogP contribution < -0.4 is 5.32 Å². The van der Waals surface area contributed by atoms with E-state index in [4.69, 9.17) is 0 Å². The quantitative estimate of drug-likeness (QED) is 0.475. The van der Waals surface area contributed by atoms with Gasteiger partial charge >= 0.3 is 0 Å². The third-order valence-electron chi connectivity index (χ3n) is 5.09. The van der Waals surface area contributed by atoms with Crippen molar-refractivity contribution in [2.75, 3.05) is 18.4 Å². The van der Waals surface area contributed by atoms with E-state index in [0.29, 0.717) is 0 Å². The molecule has 0 spiro atoms. The molecule has 2 N–H and O–H groups in total. The van der Waals surface area contributed by atoms with Crippen LogP contribution in [-0.2, 0) is 4.79 Å². The molecule has 1 fully saturated rings. The molecule has 3 aromatic heterocycles. The van der Waals surface area contributed by atoms with E-state index in [9.17, 15) is 4.79 Å². The van der Waals surface area contributed by atoms with Gasteiger partial charge in [0.1, 0.15) is 4.83 Å². The first-order valence-electron chi connectivity index (χ1n) is 9.46. The average Bonchev–Trinajstić information content (AvgIpc) is 3.45. The first kappa shape index (κ1) is 17.0. The lowest BCUT2D eigenvalue weighted by Crippen LogP contribution is -2.25. The van der Waals surface area contributed by atoms with Crippen LogP contribution in [0.15, 0.2) is 54.9 Å². The van der Waals surface area contributed by atoms with Gasteiger partial charge in [0.15, 0.2) is 0 Å². The van der Waals surface area contributed by atoms with Crippen LogP contribution in [0.1, 0.15) is 17.7 Å². The number of carbonyl (C=O) groups is 1. The van der Waals surface area contributed by atoms with E-state index in [1.54, 1.807) is 17.4 Å². The minimum absolute atomic E-state index is 0.0982. The number of likely N-dealkylation sites (tertiary alicyclic amines) is 1. The van der Waals surface area contributed by atoms with Gasteiger partial charge < -0.3 is 15.2 Å². The van der Waals surface area contributed by atoms with Crippen molar-refractivity contribution in [1.29, 1.82) is 0 Å². The van der Waals surface area contributed by atoms with Crippen molar-refractivity contribution in [3.8, 4) is 0 Å². The van der Waals surface area contributed by atoms with Gasteiger partial charge in [-0.05, 0) is 55.3 Å². The van der Waals surface area contributed by atoms with Crippen molar-refractivity contribution in [3.05, 3.63) is 59.7 Å². The number of rotatable bonds is 4. The number of hydrogen-bond donors (Lipinski definition) is 2. The maximum atomic E-state index is 12.2. The molecule has 4 aromatic rings. The van der Waals surface area contributed by atoms with E-state index in [0.717, 1.165) is 57.9 Å². The zero-order valence-electron chi connectivity index (χ0n) is 15.3. The summed E-state index contributed by atoms with van der Waals surface area (Å²) in [6.07, 6.45) is 9.57. The summed E-state index contributed by atoms with van der Waals surface area (Å²) in [5.41, 5.74) is 3.17. The van der Waals surface area contributed by atoms with Crippen LogP contribution >= 0.6 is 11.3 Å². The average molecular weight is 388 g/mol. The lowest BCUT2D eigenvalue weighted by atomic mass is 10.2. The maximum Gasteiger partial charge on any atom is 0.246 e. The Morgan fingerprint density at radius 2 is 2.07 bits per heavy atom. The van der Waals surface area contributed by atoms with Crippen LogP contribution in [0.5, 0.6) is 0 Å². The number of pyridine rings is 1. The van der Waals surface area contributed by atoms with Crippen molar-refractivity contribution < 1.29 is 4.79 Å². The highest BCUT2D eigenvalue weighted by atomic mass is 32.1. The smallest absolute Gasteiger partial charge is 0.246 e. The Hall–Kier alpha value is -3.12. The van der Waals surface area contributed by atoms with Gasteiger partial charge in [-0.15, -0.1) is 11.3 Å². The largest absolute Gasteiger partial charge is 0.361 e. The summed E-state index contributed by atoms with van der Waals surface area (Å²) in [4.78, 5) is 23.8. The number of nitrogens with one attached hydrogen (secondary N) is 2. The van der Waals surface area contributed by atoms with Gasteiger partial charge in [0.2, 0.25) is 5.91 Å². The minimum Gasteiger partial charge on any atom is -0.361 e. The molecule has 0 aliphatic carbocycles. The second-order valence-electron chi connectivity index (χ2n) is 7.00. The van der Waals surface area contributed by atoms with Crippen molar-refractivity contribution >= 4 is 55.8 Å². The maximum absolute atomic E-state index is 12.2. The Bertz CT molecular complexity index is 1180. The molecule has 28 heavy (non-hydrogen) atoms. The second-order valence-corrected chi connectivity index (χ2v) is 8.06. The molecule has 0 radical (unpaired) electrons. The molecule has 0 atom stereocenters. The summed E-state index contributed by atoms with van der Waals surface area (Å²) >= 11 is 1.60. The second kappa shape index (κ2) is 7.13. The monoisotopic (exact) mass is 388 g/mol. The topological polar surface area (TPSA) is 61.0 Å². The first-order chi connectivity index (χ1) is 13.8. The van der Waals surface area contributed by atoms with Crippen molar-refractivity contribution in [1.82, 2.24) is 14.9 Å². The Morgan fingerprint density at radius 1 is 1.18 bits per heavy atom. The fourth-order valence-corrected chi connectivity index (χ4v) is 4.56. The van der Waals surface area contributed by atoms with Gasteiger partial charge in [-0.3, -0.25) is 4.79 Å². The predicted molar refractivity (Wildman–Crippen MR) is 116 cm³/mol. The van der Waals surface area contributed by atoms with Crippen LogP contribution in [0, 0.1) is 0 Å². The van der Waals surface area contributed by atoms with E-state index in [1.807, 2.05) is 29.4 Å². The van der Waals surface area contributed by atoms with Gasteiger partial charge in [-0.1, -0.05) is 0 Å². The lowest BCUT2D eigenvalue weighted by Gasteiger charge is -2.11. The highest BCUT2D eigenvalue weighted by Gasteiger charge is 2.15. The van der Waals surface area contributed by atoms with Gasteiger partial charge in [0.25, 0.3) is 0 Å². The molecule has 1 amide bonds. The van der Waals surface area contributed by atoms with Crippen molar-refractivity contribution in [2.24, 2.45) is 0 Å². The van der Waals surface area contributed by atoms with E-state index in [2.05, 4.69) is 45.6 Å². The molecule has 1 aliphatic rings. The van der Waals surface area contributed by atoms with Crippen LogP contribution in [-0.4, -0.2) is 33.9 Å². The molecule has 0 bridgehead atoms. The molecule has 1 saturated heterocycles. The molecule has 5 nitrogen and oxygen atoms in total. The molecule has 140 valence electrons. The summed E-state index contributed by atoms with van der Waals surface area (Å²) in [6, 6.07) is 12.4. The highest BCUT2D eigenvalue weighted by molar-refractivity contribution is 7.19. The van der Waals surface area contributed by atoms with Crippen LogP contribution in [0.4, 0.5) is 11.4 Å². The zero-order valence-corrected chi connectivity index (χ0v) is 16.1. The van der Waals surface area contributed by atoms with Gasteiger partial charge in [0, 0.05) is 58.4 Å². The number of thiophene rings is 1. The summed E-state index contributed by atoms with van der Waals surface area (Å²) in [6.45, 7) is 1.74. The van der Waals surface area contributed by atoms with Gasteiger partial charge in [-0.25, -0.2) is 4.98 Å². The molecule has 1 aliphatic heterocycles. The standard InChI is InChI=1S/C22H20N4OS/c27-21(26-11-1-2-12-26)6-4-17-14-18-20(8-10-24-22(18)28-17)25-16-3-5-19-15(13-16)7-9-23-19/h3-10,13-14,23H,1-2,11-12H2,(H,24,25). The third-order valence-corrected chi connectivity index (χ3v) is 6.10. The molecular formula is C22H20N4OS. The molecular weight excluding hydrogens is 368 g/mol. The number of anilines is 2. The number of nitrogens with zero attached hydrogens (tertiary/aromatic N) is 2. The lowest BCUT2D eigenvalue weighted by molar-refractivity contribution is -0.124. The number of hydrogen-bond acceptors (Lipinski definition) is 4. The highest BCUT2D eigenvalue weighted by Crippen LogP contribution is 2.32. The summed E-state index contributed by atoms with van der Waals surface area (Å²) in [5, 5.41) is 5.74. The molecule has 0 saturated carbocycles. The van der Waals surface area contributed by atoms with Crippen LogP contribution in [0.3, 0.4) is 0 Å². The third kappa shape index (κ3) is 3.27. The molecule has 1 aromatic carbocycles. The normalized spacial score (nSPS) is 14.5. The molecule has 0 unspecified atom stereocenters. The van der Waals surface area contributed by atoms with Gasteiger partial charge in [0.05, 0.1) is 5.69 Å². The summed E-state index contributed by atoms with van der Waals surface area (Å²) in [5.74, 6) is 0.0982. The number of aromatic nitrogens is 2.